The lowest BCUT2D eigenvalue weighted by Gasteiger charge is -2.26. The van der Waals surface area contributed by atoms with E-state index in [2.05, 4.69) is 149 Å². The van der Waals surface area contributed by atoms with Crippen molar-refractivity contribution in [3.8, 4) is 44.5 Å². The first-order valence-electron chi connectivity index (χ1n) is 16.0. The molecule has 0 saturated heterocycles. The van der Waals surface area contributed by atoms with Crippen LogP contribution in [-0.2, 0) is 0 Å². The van der Waals surface area contributed by atoms with E-state index in [-0.39, 0.29) is 0 Å². The molecule has 0 aliphatic heterocycles. The highest BCUT2D eigenvalue weighted by Crippen LogP contribution is 2.49. The quantitative estimate of drug-likeness (QED) is 0.184. The van der Waals surface area contributed by atoms with Gasteiger partial charge in [-0.3, -0.25) is 4.98 Å². The van der Waals surface area contributed by atoms with Gasteiger partial charge >= 0.3 is 0 Å². The van der Waals surface area contributed by atoms with E-state index >= 15 is 0 Å². The topological polar surface area (TPSA) is 42.1 Å². The highest BCUT2D eigenvalue weighted by Gasteiger charge is 2.22. The third-order valence-corrected chi connectivity index (χ3v) is 8.94. The van der Waals surface area contributed by atoms with Gasteiger partial charge in [0.1, 0.15) is 0 Å². The first kappa shape index (κ1) is 28.3. The lowest BCUT2D eigenvalue weighted by molar-refractivity contribution is 1.25. The van der Waals surface area contributed by atoms with Crippen molar-refractivity contribution >= 4 is 33.5 Å². The first-order chi connectivity index (χ1) is 23.2. The Balaban J connectivity index is 1.21. The van der Waals surface area contributed by atoms with Crippen molar-refractivity contribution in [2.75, 3.05) is 4.90 Å². The number of allylic oxidation sites excluding steroid dienone is 3. The fourth-order valence-corrected chi connectivity index (χ4v) is 6.74. The number of anilines is 3. The number of para-hydroxylation sites is 1. The molecule has 8 rings (SSSR count). The van der Waals surface area contributed by atoms with Crippen molar-refractivity contribution in [1.29, 1.82) is 0 Å². The molecule has 1 aliphatic carbocycles. The number of benzene rings is 6. The van der Waals surface area contributed by atoms with Crippen molar-refractivity contribution in [2.24, 2.45) is 5.73 Å². The van der Waals surface area contributed by atoms with E-state index < -0.39 is 0 Å². The molecule has 0 fully saturated rings. The molecule has 1 heterocycles. The number of hydrogen-bond donors (Lipinski definition) is 1. The second kappa shape index (κ2) is 12.0. The van der Waals surface area contributed by atoms with Crippen LogP contribution in [0, 0.1) is 0 Å². The van der Waals surface area contributed by atoms with Crippen molar-refractivity contribution in [2.45, 2.75) is 6.92 Å². The Morgan fingerprint density at radius 1 is 0.553 bits per heavy atom. The molecule has 0 unspecified atom stereocenters. The van der Waals surface area contributed by atoms with Crippen LogP contribution in [0.25, 0.3) is 61.0 Å². The molecule has 7 aromatic rings. The minimum atomic E-state index is 0.642. The largest absolute Gasteiger partial charge is 0.397 e. The van der Waals surface area contributed by atoms with E-state index in [9.17, 15) is 0 Å². The normalized spacial score (nSPS) is 12.1. The van der Waals surface area contributed by atoms with Gasteiger partial charge in [0.2, 0.25) is 0 Å². The molecule has 6 aromatic carbocycles. The lowest BCUT2D eigenvalue weighted by Crippen LogP contribution is -2.10. The summed E-state index contributed by atoms with van der Waals surface area (Å²) in [5.41, 5.74) is 20.7. The van der Waals surface area contributed by atoms with E-state index in [0.717, 1.165) is 33.9 Å². The Labute approximate surface area is 275 Å². The summed E-state index contributed by atoms with van der Waals surface area (Å²) in [6, 6.07) is 52.1. The van der Waals surface area contributed by atoms with Crippen molar-refractivity contribution < 1.29 is 0 Å². The summed E-state index contributed by atoms with van der Waals surface area (Å²) in [6.45, 7) is 1.97. The molecule has 0 amide bonds. The molecule has 47 heavy (non-hydrogen) atoms. The summed E-state index contributed by atoms with van der Waals surface area (Å²) < 4.78 is 0. The third kappa shape index (κ3) is 5.08. The minimum Gasteiger partial charge on any atom is -0.397 e. The van der Waals surface area contributed by atoms with Crippen LogP contribution in [0.1, 0.15) is 12.6 Å². The standard InChI is InChI=1S/C44H33N3/c1-2-3-22-42(45)43-26-23-32(29-46-43)30-12-9-16-34(27-30)47(33-14-5-4-6-15-33)35-17-10-13-31(28-35)36-24-25-41-38-19-8-7-18-37(38)40-21-11-20-39(36)44(40)41/h2-29H,45H2,1H3/b3-2-,42-22-. The minimum absolute atomic E-state index is 0.642. The maximum atomic E-state index is 6.23. The summed E-state index contributed by atoms with van der Waals surface area (Å²) in [5.74, 6) is 0. The van der Waals surface area contributed by atoms with Gasteiger partial charge in [-0.2, -0.15) is 0 Å². The molecule has 0 atom stereocenters. The maximum absolute atomic E-state index is 6.23. The number of pyridine rings is 1. The summed E-state index contributed by atoms with van der Waals surface area (Å²) in [6.07, 6.45) is 7.64. The SMILES string of the molecule is C/C=C\C=C(/N)c1ccc(-c2cccc(N(c3ccccc3)c3cccc(-c4ccc5c6c(cccc46)-c4ccccc4-5)c3)c2)cn1. The van der Waals surface area contributed by atoms with Gasteiger partial charge < -0.3 is 10.6 Å². The van der Waals surface area contributed by atoms with Gasteiger partial charge in [0, 0.05) is 28.8 Å². The Morgan fingerprint density at radius 3 is 1.89 bits per heavy atom. The number of hydrogen-bond acceptors (Lipinski definition) is 3. The molecule has 0 saturated carbocycles. The molecular weight excluding hydrogens is 571 g/mol. The second-order valence-corrected chi connectivity index (χ2v) is 11.8. The smallest absolute Gasteiger partial charge is 0.0859 e. The van der Waals surface area contributed by atoms with Gasteiger partial charge in [-0.25, -0.2) is 0 Å². The first-order valence-corrected chi connectivity index (χ1v) is 16.0. The van der Waals surface area contributed by atoms with Crippen molar-refractivity contribution in [3.63, 3.8) is 0 Å². The highest BCUT2D eigenvalue weighted by molar-refractivity contribution is 6.18. The van der Waals surface area contributed by atoms with Gasteiger partial charge in [0.25, 0.3) is 0 Å². The van der Waals surface area contributed by atoms with Gasteiger partial charge in [-0.1, -0.05) is 115 Å². The number of nitrogens with two attached hydrogens (primary N) is 1. The zero-order valence-corrected chi connectivity index (χ0v) is 26.1. The summed E-state index contributed by atoms with van der Waals surface area (Å²) in [7, 11) is 0. The molecule has 3 nitrogen and oxygen atoms in total. The molecule has 3 heteroatoms. The van der Waals surface area contributed by atoms with Crippen LogP contribution in [0.5, 0.6) is 0 Å². The molecule has 0 bridgehead atoms. The predicted octanol–water partition coefficient (Wildman–Crippen LogP) is 11.6. The van der Waals surface area contributed by atoms with Crippen molar-refractivity contribution in [1.82, 2.24) is 4.98 Å². The second-order valence-electron chi connectivity index (χ2n) is 11.8. The lowest BCUT2D eigenvalue weighted by atomic mass is 9.94. The average Bonchev–Trinajstić information content (AvgIpc) is 3.46. The fraction of sp³-hybridized carbons (Fsp3) is 0.0227. The Kier molecular flexibility index (Phi) is 7.20. The van der Waals surface area contributed by atoms with Crippen LogP contribution in [0.15, 0.2) is 170 Å². The Hall–Kier alpha value is -6.19. The zero-order valence-electron chi connectivity index (χ0n) is 26.1. The summed E-state index contributed by atoms with van der Waals surface area (Å²) in [5, 5.41) is 2.61. The van der Waals surface area contributed by atoms with Crippen molar-refractivity contribution in [3.05, 3.63) is 176 Å². The number of fused-ring (bicyclic) bond motifs is 3. The van der Waals surface area contributed by atoms with Gasteiger partial charge in [-0.05, 0) is 105 Å². The fourth-order valence-electron chi connectivity index (χ4n) is 6.74. The monoisotopic (exact) mass is 603 g/mol. The molecule has 1 aliphatic rings. The Bertz CT molecular complexity index is 2290. The highest BCUT2D eigenvalue weighted by atomic mass is 15.1. The van der Waals surface area contributed by atoms with Gasteiger partial charge in [-0.15, -0.1) is 0 Å². The predicted molar refractivity (Wildman–Crippen MR) is 199 cm³/mol. The molecule has 224 valence electrons. The number of nitrogens with zero attached hydrogens (tertiary/aromatic N) is 2. The van der Waals surface area contributed by atoms with Crippen LogP contribution in [0.3, 0.4) is 0 Å². The summed E-state index contributed by atoms with van der Waals surface area (Å²) >= 11 is 0. The van der Waals surface area contributed by atoms with E-state index in [1.807, 2.05) is 37.4 Å². The van der Waals surface area contributed by atoms with Crippen LogP contribution < -0.4 is 10.6 Å². The van der Waals surface area contributed by atoms with E-state index in [4.69, 9.17) is 5.73 Å². The Morgan fingerprint density at radius 2 is 1.17 bits per heavy atom. The van der Waals surface area contributed by atoms with Crippen LogP contribution in [0.2, 0.25) is 0 Å². The van der Waals surface area contributed by atoms with Gasteiger partial charge in [0.15, 0.2) is 0 Å². The maximum Gasteiger partial charge on any atom is 0.0859 e. The number of rotatable bonds is 7. The zero-order chi connectivity index (χ0) is 31.7. The number of aromatic nitrogens is 1. The molecule has 1 aromatic heterocycles. The molecule has 0 radical (unpaired) electrons. The average molecular weight is 604 g/mol. The van der Waals surface area contributed by atoms with E-state index in [1.54, 1.807) is 0 Å². The van der Waals surface area contributed by atoms with E-state index in [1.165, 1.54) is 44.2 Å². The van der Waals surface area contributed by atoms with Crippen LogP contribution >= 0.6 is 0 Å². The molecular formula is C44H33N3. The third-order valence-electron chi connectivity index (χ3n) is 8.94. The molecule has 2 N–H and O–H groups in total. The molecule has 0 spiro atoms. The summed E-state index contributed by atoms with van der Waals surface area (Å²) in [4.78, 5) is 6.98. The van der Waals surface area contributed by atoms with Gasteiger partial charge in [0.05, 0.1) is 11.4 Å². The van der Waals surface area contributed by atoms with E-state index in [0.29, 0.717) is 5.70 Å². The van der Waals surface area contributed by atoms with Crippen LogP contribution in [0.4, 0.5) is 17.1 Å². The van der Waals surface area contributed by atoms with Crippen LogP contribution in [-0.4, -0.2) is 4.98 Å².